The number of para-hydroxylation sites is 1. The van der Waals surface area contributed by atoms with E-state index < -0.39 is 29.6 Å². The number of carbonyl (C=O) groups is 2. The molecule has 1 atom stereocenters. The van der Waals surface area contributed by atoms with Crippen molar-refractivity contribution in [1.82, 2.24) is 4.98 Å². The Morgan fingerprint density at radius 2 is 1.90 bits per heavy atom. The van der Waals surface area contributed by atoms with Crippen molar-refractivity contribution in [3.05, 3.63) is 70.9 Å². The number of aryl methyl sites for hydroxylation is 1. The number of benzene rings is 2. The third-order valence-corrected chi connectivity index (χ3v) is 4.96. The Balaban J connectivity index is 1.56. The summed E-state index contributed by atoms with van der Waals surface area (Å²) in [5.41, 5.74) is 2.97. The van der Waals surface area contributed by atoms with E-state index in [2.05, 4.69) is 10.3 Å². The summed E-state index contributed by atoms with van der Waals surface area (Å²) in [4.78, 5) is 29.9. The molecule has 1 aromatic heterocycles. The van der Waals surface area contributed by atoms with Crippen LogP contribution in [0.2, 0.25) is 0 Å². The van der Waals surface area contributed by atoms with Crippen LogP contribution in [0.3, 0.4) is 0 Å². The number of nitrogens with zero attached hydrogens (tertiary/aromatic N) is 1. The lowest BCUT2D eigenvalue weighted by atomic mass is 10.0. The van der Waals surface area contributed by atoms with Crippen LogP contribution in [-0.4, -0.2) is 23.0 Å². The smallest absolute Gasteiger partial charge is 0.339 e. The van der Waals surface area contributed by atoms with Crippen LogP contribution in [0.15, 0.2) is 42.5 Å². The highest BCUT2D eigenvalue weighted by Gasteiger charge is 2.27. The van der Waals surface area contributed by atoms with Gasteiger partial charge in [-0.05, 0) is 49.9 Å². The van der Waals surface area contributed by atoms with Gasteiger partial charge in [-0.1, -0.05) is 18.2 Å². The minimum Gasteiger partial charge on any atom is -0.449 e. The second-order valence-electron chi connectivity index (χ2n) is 6.95. The molecule has 2 aromatic carbocycles. The highest BCUT2D eigenvalue weighted by atomic mass is 19.2. The largest absolute Gasteiger partial charge is 0.449 e. The molecule has 0 aliphatic heterocycles. The molecule has 5 nitrogen and oxygen atoms in total. The lowest BCUT2D eigenvalue weighted by molar-refractivity contribution is -0.123. The summed E-state index contributed by atoms with van der Waals surface area (Å²) >= 11 is 0. The maximum absolute atomic E-state index is 13.3. The zero-order valence-electron chi connectivity index (χ0n) is 15.7. The van der Waals surface area contributed by atoms with Gasteiger partial charge in [-0.25, -0.2) is 13.6 Å². The van der Waals surface area contributed by atoms with Crippen molar-refractivity contribution in [1.29, 1.82) is 0 Å². The number of carbonyl (C=O) groups excluding carboxylic acids is 2. The highest BCUT2D eigenvalue weighted by Crippen LogP contribution is 2.30. The van der Waals surface area contributed by atoms with Gasteiger partial charge in [0.1, 0.15) is 0 Å². The number of aromatic nitrogens is 1. The number of esters is 1. The highest BCUT2D eigenvalue weighted by molar-refractivity contribution is 6.06. The lowest BCUT2D eigenvalue weighted by Gasteiger charge is -2.16. The first-order valence-electron chi connectivity index (χ1n) is 9.31. The summed E-state index contributed by atoms with van der Waals surface area (Å²) in [5.74, 6) is -3.33. The number of anilines is 1. The summed E-state index contributed by atoms with van der Waals surface area (Å²) in [7, 11) is 0. The van der Waals surface area contributed by atoms with E-state index in [1.807, 2.05) is 24.3 Å². The fourth-order valence-corrected chi connectivity index (χ4v) is 3.53. The number of hydrogen-bond acceptors (Lipinski definition) is 4. The number of nitrogens with one attached hydrogen (secondary N) is 1. The summed E-state index contributed by atoms with van der Waals surface area (Å²) in [6.45, 7) is 1.43. The van der Waals surface area contributed by atoms with E-state index in [1.165, 1.54) is 13.0 Å². The molecule has 148 valence electrons. The van der Waals surface area contributed by atoms with E-state index in [0.29, 0.717) is 16.5 Å². The van der Waals surface area contributed by atoms with E-state index >= 15 is 0 Å². The van der Waals surface area contributed by atoms with Gasteiger partial charge >= 0.3 is 5.97 Å². The van der Waals surface area contributed by atoms with Crippen LogP contribution in [0.4, 0.5) is 14.5 Å². The Labute approximate surface area is 165 Å². The molecule has 0 saturated carbocycles. The van der Waals surface area contributed by atoms with Gasteiger partial charge in [-0.2, -0.15) is 0 Å². The minimum absolute atomic E-state index is 0.0760. The third kappa shape index (κ3) is 3.68. The van der Waals surface area contributed by atoms with Crippen LogP contribution >= 0.6 is 0 Å². The molecule has 1 amide bonds. The van der Waals surface area contributed by atoms with E-state index in [9.17, 15) is 18.4 Å². The Morgan fingerprint density at radius 3 is 2.69 bits per heavy atom. The van der Waals surface area contributed by atoms with Gasteiger partial charge in [0.25, 0.3) is 5.91 Å². The topological polar surface area (TPSA) is 68.3 Å². The van der Waals surface area contributed by atoms with Gasteiger partial charge in [-0.3, -0.25) is 9.78 Å². The fraction of sp³-hybridized carbons (Fsp3) is 0.227. The SMILES string of the molecule is C[C@@H](OC(=O)c1c2c(nc3ccccc13)CCC2)C(=O)Nc1ccc(F)c(F)c1. The molecule has 0 fully saturated rings. The molecule has 0 unspecified atom stereocenters. The van der Waals surface area contributed by atoms with Crippen molar-refractivity contribution in [2.75, 3.05) is 5.32 Å². The second kappa shape index (κ2) is 7.58. The van der Waals surface area contributed by atoms with Crippen molar-refractivity contribution in [3.63, 3.8) is 0 Å². The molecule has 0 saturated heterocycles. The number of halogens is 2. The number of amides is 1. The quantitative estimate of drug-likeness (QED) is 0.672. The number of fused-ring (bicyclic) bond motifs is 2. The zero-order valence-corrected chi connectivity index (χ0v) is 15.7. The van der Waals surface area contributed by atoms with Crippen molar-refractivity contribution in [3.8, 4) is 0 Å². The molecule has 0 spiro atoms. The van der Waals surface area contributed by atoms with E-state index in [-0.39, 0.29) is 5.69 Å². The van der Waals surface area contributed by atoms with Crippen molar-refractivity contribution < 1.29 is 23.1 Å². The maximum atomic E-state index is 13.3. The fourth-order valence-electron chi connectivity index (χ4n) is 3.53. The Kier molecular flexibility index (Phi) is 4.96. The standard InChI is InChI=1S/C22H18F2N2O3/c1-12(21(27)25-13-9-10-16(23)17(24)11-13)29-22(28)20-14-5-2-3-7-18(14)26-19-8-4-6-15(19)20/h2-3,5,7,9-12H,4,6,8H2,1H3,(H,25,27)/t12-/m1/s1. The predicted molar refractivity (Wildman–Crippen MR) is 104 cm³/mol. The molecule has 1 aliphatic rings. The first-order chi connectivity index (χ1) is 13.9. The summed E-state index contributed by atoms with van der Waals surface area (Å²) in [5, 5.41) is 3.11. The molecular formula is C22H18F2N2O3. The van der Waals surface area contributed by atoms with Crippen molar-refractivity contribution in [2.45, 2.75) is 32.3 Å². The van der Waals surface area contributed by atoms with Gasteiger partial charge in [-0.15, -0.1) is 0 Å². The average molecular weight is 396 g/mol. The third-order valence-electron chi connectivity index (χ3n) is 4.96. The van der Waals surface area contributed by atoms with Crippen LogP contribution in [0.1, 0.15) is 35.0 Å². The molecule has 3 aromatic rings. The van der Waals surface area contributed by atoms with Gasteiger partial charge in [0.2, 0.25) is 0 Å². The van der Waals surface area contributed by atoms with Crippen LogP contribution in [0.5, 0.6) is 0 Å². The second-order valence-corrected chi connectivity index (χ2v) is 6.95. The number of pyridine rings is 1. The van der Waals surface area contributed by atoms with Gasteiger partial charge in [0.15, 0.2) is 17.7 Å². The Morgan fingerprint density at radius 1 is 1.10 bits per heavy atom. The van der Waals surface area contributed by atoms with E-state index in [4.69, 9.17) is 4.74 Å². The van der Waals surface area contributed by atoms with E-state index in [1.54, 1.807) is 0 Å². The zero-order chi connectivity index (χ0) is 20.5. The monoisotopic (exact) mass is 396 g/mol. The van der Waals surface area contributed by atoms with Gasteiger partial charge in [0.05, 0.1) is 11.1 Å². The molecule has 29 heavy (non-hydrogen) atoms. The molecule has 1 N–H and O–H groups in total. The van der Waals surface area contributed by atoms with Crippen LogP contribution < -0.4 is 5.32 Å². The van der Waals surface area contributed by atoms with Crippen LogP contribution in [-0.2, 0) is 22.4 Å². The number of rotatable bonds is 4. The van der Waals surface area contributed by atoms with E-state index in [0.717, 1.165) is 42.7 Å². The maximum Gasteiger partial charge on any atom is 0.339 e. The Hall–Kier alpha value is -3.35. The molecular weight excluding hydrogens is 378 g/mol. The van der Waals surface area contributed by atoms with Crippen LogP contribution in [0, 0.1) is 11.6 Å². The molecule has 1 heterocycles. The first kappa shape index (κ1) is 19.0. The normalized spacial score (nSPS) is 13.8. The first-order valence-corrected chi connectivity index (χ1v) is 9.31. The van der Waals surface area contributed by atoms with Crippen molar-refractivity contribution in [2.24, 2.45) is 0 Å². The molecule has 0 bridgehead atoms. The Bertz CT molecular complexity index is 1130. The average Bonchev–Trinajstić information content (AvgIpc) is 3.16. The van der Waals surface area contributed by atoms with Gasteiger partial charge < -0.3 is 10.1 Å². The molecule has 1 aliphatic carbocycles. The molecule has 7 heteroatoms. The summed E-state index contributed by atoms with van der Waals surface area (Å²) in [6.07, 6.45) is 1.31. The van der Waals surface area contributed by atoms with Gasteiger partial charge in [0, 0.05) is 22.8 Å². The van der Waals surface area contributed by atoms with Crippen LogP contribution in [0.25, 0.3) is 10.9 Å². The summed E-state index contributed by atoms with van der Waals surface area (Å²) in [6, 6.07) is 10.3. The van der Waals surface area contributed by atoms with Crippen molar-refractivity contribution >= 4 is 28.5 Å². The lowest BCUT2D eigenvalue weighted by Crippen LogP contribution is -2.30. The molecule has 0 radical (unpaired) electrons. The number of ether oxygens (including phenoxy) is 1. The minimum atomic E-state index is -1.13. The molecule has 4 rings (SSSR count). The number of hydrogen-bond donors (Lipinski definition) is 1. The predicted octanol–water partition coefficient (Wildman–Crippen LogP) is 4.19. The summed E-state index contributed by atoms with van der Waals surface area (Å²) < 4.78 is 31.8.